The predicted molar refractivity (Wildman–Crippen MR) is 74.0 cm³/mol. The Balaban J connectivity index is 1.91. The highest BCUT2D eigenvalue weighted by atomic mass is 16.5. The molecule has 1 aromatic carbocycles. The molecule has 2 unspecified atom stereocenters. The van der Waals surface area contributed by atoms with E-state index in [0.29, 0.717) is 0 Å². The highest BCUT2D eigenvalue weighted by Crippen LogP contribution is 2.39. The van der Waals surface area contributed by atoms with E-state index in [9.17, 15) is 4.79 Å². The third kappa shape index (κ3) is 2.00. The van der Waals surface area contributed by atoms with Gasteiger partial charge >= 0.3 is 5.97 Å². The van der Waals surface area contributed by atoms with E-state index in [1.165, 1.54) is 13.5 Å². The molecule has 3 rings (SSSR count). The first-order chi connectivity index (χ1) is 9.26. The molecule has 0 aromatic heterocycles. The molecule has 4 heteroatoms. The molecule has 1 aromatic rings. The number of benzene rings is 1. The maximum absolute atomic E-state index is 12.4. The molecule has 1 N–H and O–H groups in total. The molecule has 0 amide bonds. The predicted octanol–water partition coefficient (Wildman–Crippen LogP) is 1.88. The number of esters is 1. The highest BCUT2D eigenvalue weighted by molar-refractivity contribution is 5.86. The number of anilines is 1. The van der Waals surface area contributed by atoms with Crippen molar-refractivity contribution >= 4 is 11.7 Å². The highest BCUT2D eigenvalue weighted by Gasteiger charge is 2.55. The number of ether oxygens (including phenoxy) is 1. The van der Waals surface area contributed by atoms with Crippen LogP contribution >= 0.6 is 0 Å². The van der Waals surface area contributed by atoms with Gasteiger partial charge in [0.05, 0.1) is 7.11 Å². The van der Waals surface area contributed by atoms with Crippen LogP contribution in [0.5, 0.6) is 0 Å². The van der Waals surface area contributed by atoms with Gasteiger partial charge in [0.1, 0.15) is 0 Å². The zero-order valence-corrected chi connectivity index (χ0v) is 11.3. The molecule has 4 nitrogen and oxygen atoms in total. The molecule has 0 bridgehead atoms. The molecule has 2 heterocycles. The Morgan fingerprint density at radius 2 is 2.16 bits per heavy atom. The van der Waals surface area contributed by atoms with Gasteiger partial charge < -0.3 is 10.1 Å². The minimum Gasteiger partial charge on any atom is -0.467 e. The minimum absolute atomic E-state index is 0.134. The monoisotopic (exact) mass is 260 g/mol. The summed E-state index contributed by atoms with van der Waals surface area (Å²) >= 11 is 0. The molecule has 2 saturated heterocycles. The molecule has 0 saturated carbocycles. The van der Waals surface area contributed by atoms with Crippen LogP contribution in [0.4, 0.5) is 5.69 Å². The number of para-hydroxylation sites is 1. The lowest BCUT2D eigenvalue weighted by atomic mass is 9.88. The molecule has 0 radical (unpaired) electrons. The molecular weight excluding hydrogens is 240 g/mol. The van der Waals surface area contributed by atoms with E-state index < -0.39 is 5.54 Å². The molecule has 2 atom stereocenters. The van der Waals surface area contributed by atoms with E-state index in [2.05, 4.69) is 10.2 Å². The van der Waals surface area contributed by atoms with Gasteiger partial charge in [0.25, 0.3) is 0 Å². The van der Waals surface area contributed by atoms with Crippen LogP contribution in [0, 0.1) is 0 Å². The van der Waals surface area contributed by atoms with Gasteiger partial charge in [-0.2, -0.15) is 0 Å². The standard InChI is InChI=1S/C15H20N2O2/c1-19-14(18)15(16-12-6-3-2-4-7-12)9-11-17-10-5-8-13(15)17/h2-4,6-7,13,16H,5,8-11H2,1H3. The third-order valence-electron chi connectivity index (χ3n) is 4.42. The number of fused-ring (bicyclic) bond motifs is 1. The lowest BCUT2D eigenvalue weighted by molar-refractivity contribution is -0.146. The number of rotatable bonds is 3. The number of carbonyl (C=O) groups excluding carboxylic acids is 1. The first-order valence-electron chi connectivity index (χ1n) is 6.92. The number of hydrogen-bond acceptors (Lipinski definition) is 4. The van der Waals surface area contributed by atoms with Crippen molar-refractivity contribution in [1.29, 1.82) is 0 Å². The van der Waals surface area contributed by atoms with Gasteiger partial charge in [-0.15, -0.1) is 0 Å². The second-order valence-corrected chi connectivity index (χ2v) is 5.40. The van der Waals surface area contributed by atoms with E-state index in [1.54, 1.807) is 0 Å². The second-order valence-electron chi connectivity index (χ2n) is 5.40. The number of methoxy groups -OCH3 is 1. The smallest absolute Gasteiger partial charge is 0.333 e. The molecule has 0 spiro atoms. The number of nitrogens with one attached hydrogen (secondary N) is 1. The molecule has 2 aliphatic heterocycles. The summed E-state index contributed by atoms with van der Waals surface area (Å²) in [6.07, 6.45) is 3.05. The van der Waals surface area contributed by atoms with Gasteiger partial charge in [-0.3, -0.25) is 4.90 Å². The third-order valence-corrected chi connectivity index (χ3v) is 4.42. The van der Waals surface area contributed by atoms with E-state index in [0.717, 1.165) is 31.6 Å². The molecule has 19 heavy (non-hydrogen) atoms. The van der Waals surface area contributed by atoms with Crippen molar-refractivity contribution in [2.75, 3.05) is 25.5 Å². The van der Waals surface area contributed by atoms with Crippen molar-refractivity contribution < 1.29 is 9.53 Å². The largest absolute Gasteiger partial charge is 0.467 e. The Morgan fingerprint density at radius 1 is 1.37 bits per heavy atom. The molecular formula is C15H20N2O2. The Bertz CT molecular complexity index is 462. The maximum Gasteiger partial charge on any atom is 0.333 e. The van der Waals surface area contributed by atoms with Gasteiger partial charge in [-0.05, 0) is 37.9 Å². The SMILES string of the molecule is COC(=O)C1(Nc2ccccc2)CCN2CCCC21. The van der Waals surface area contributed by atoms with Crippen molar-refractivity contribution in [1.82, 2.24) is 4.90 Å². The van der Waals surface area contributed by atoms with Crippen LogP contribution in [0.2, 0.25) is 0 Å². The normalized spacial score (nSPS) is 30.1. The van der Waals surface area contributed by atoms with Gasteiger partial charge in [-0.1, -0.05) is 18.2 Å². The number of nitrogens with zero attached hydrogens (tertiary/aromatic N) is 1. The first-order valence-corrected chi connectivity index (χ1v) is 6.92. The summed E-state index contributed by atoms with van der Waals surface area (Å²) in [5.74, 6) is -0.134. The van der Waals surface area contributed by atoms with Gasteiger partial charge in [-0.25, -0.2) is 4.79 Å². The quantitative estimate of drug-likeness (QED) is 0.843. The van der Waals surface area contributed by atoms with Crippen LogP contribution in [0.15, 0.2) is 30.3 Å². The summed E-state index contributed by atoms with van der Waals surface area (Å²) in [5.41, 5.74) is 0.411. The summed E-state index contributed by atoms with van der Waals surface area (Å²) in [4.78, 5) is 14.8. The molecule has 2 fully saturated rings. The van der Waals surface area contributed by atoms with E-state index in [-0.39, 0.29) is 12.0 Å². The van der Waals surface area contributed by atoms with Crippen molar-refractivity contribution in [2.45, 2.75) is 30.8 Å². The Hall–Kier alpha value is -1.55. The van der Waals surface area contributed by atoms with Crippen LogP contribution in [-0.2, 0) is 9.53 Å². The fraction of sp³-hybridized carbons (Fsp3) is 0.533. The van der Waals surface area contributed by atoms with Crippen LogP contribution in [-0.4, -0.2) is 42.6 Å². The average molecular weight is 260 g/mol. The Labute approximate surface area is 113 Å². The lowest BCUT2D eigenvalue weighted by Crippen LogP contribution is -2.54. The van der Waals surface area contributed by atoms with Crippen molar-refractivity contribution in [3.05, 3.63) is 30.3 Å². The summed E-state index contributed by atoms with van der Waals surface area (Å²) in [7, 11) is 1.48. The summed E-state index contributed by atoms with van der Waals surface area (Å²) < 4.78 is 5.09. The lowest BCUT2D eigenvalue weighted by Gasteiger charge is -2.34. The summed E-state index contributed by atoms with van der Waals surface area (Å²) in [5, 5.41) is 3.46. The zero-order chi connectivity index (χ0) is 13.3. The van der Waals surface area contributed by atoms with E-state index >= 15 is 0 Å². The molecule has 2 aliphatic rings. The zero-order valence-electron chi connectivity index (χ0n) is 11.3. The topological polar surface area (TPSA) is 41.6 Å². The number of hydrogen-bond donors (Lipinski definition) is 1. The Kier molecular flexibility index (Phi) is 3.19. The van der Waals surface area contributed by atoms with Crippen LogP contribution in [0.25, 0.3) is 0 Å². The van der Waals surface area contributed by atoms with Crippen molar-refractivity contribution in [3.8, 4) is 0 Å². The van der Waals surface area contributed by atoms with Crippen molar-refractivity contribution in [3.63, 3.8) is 0 Å². The average Bonchev–Trinajstić information content (AvgIpc) is 3.03. The fourth-order valence-electron chi connectivity index (χ4n) is 3.53. The molecule has 102 valence electrons. The first kappa shape index (κ1) is 12.5. The van der Waals surface area contributed by atoms with Crippen molar-refractivity contribution in [2.24, 2.45) is 0 Å². The maximum atomic E-state index is 12.4. The minimum atomic E-state index is -0.577. The number of carbonyl (C=O) groups is 1. The second kappa shape index (κ2) is 4.85. The van der Waals surface area contributed by atoms with Crippen LogP contribution < -0.4 is 5.32 Å². The molecule has 0 aliphatic carbocycles. The fourth-order valence-corrected chi connectivity index (χ4v) is 3.53. The Morgan fingerprint density at radius 3 is 2.89 bits per heavy atom. The van der Waals surface area contributed by atoms with Crippen LogP contribution in [0.1, 0.15) is 19.3 Å². The summed E-state index contributed by atoms with van der Waals surface area (Å²) in [6, 6.07) is 10.2. The van der Waals surface area contributed by atoms with Gasteiger partial charge in [0, 0.05) is 18.3 Å². The van der Waals surface area contributed by atoms with Gasteiger partial charge in [0.2, 0.25) is 0 Å². The van der Waals surface area contributed by atoms with E-state index in [4.69, 9.17) is 4.74 Å². The van der Waals surface area contributed by atoms with Gasteiger partial charge in [0.15, 0.2) is 5.54 Å². The van der Waals surface area contributed by atoms with Crippen LogP contribution in [0.3, 0.4) is 0 Å². The van der Waals surface area contributed by atoms with E-state index in [1.807, 2.05) is 30.3 Å². The summed E-state index contributed by atoms with van der Waals surface area (Å²) in [6.45, 7) is 2.07.